The van der Waals surface area contributed by atoms with Crippen LogP contribution in [0.4, 0.5) is 5.69 Å². The normalized spacial score (nSPS) is 28.2. The van der Waals surface area contributed by atoms with Crippen molar-refractivity contribution >= 4 is 17.6 Å². The summed E-state index contributed by atoms with van der Waals surface area (Å²) < 4.78 is 5.14. The molecule has 1 aromatic rings. The lowest BCUT2D eigenvalue weighted by atomic mass is 9.71. The number of anilines is 1. The largest absolute Gasteiger partial charge is 0.392 e. The van der Waals surface area contributed by atoms with Crippen LogP contribution < -0.4 is 10.6 Å². The lowest BCUT2D eigenvalue weighted by Gasteiger charge is -2.47. The predicted molar refractivity (Wildman–Crippen MR) is 112 cm³/mol. The maximum atomic E-state index is 12.8. The fourth-order valence-corrected chi connectivity index (χ4v) is 4.46. The van der Waals surface area contributed by atoms with Crippen LogP contribution in [0.25, 0.3) is 0 Å². The zero-order valence-corrected chi connectivity index (χ0v) is 17.7. The number of rotatable bonds is 6. The molecule has 0 radical (unpaired) electrons. The predicted octanol–water partition coefficient (Wildman–Crippen LogP) is 2.35. The molecule has 0 spiro atoms. The van der Waals surface area contributed by atoms with Gasteiger partial charge in [-0.1, -0.05) is 20.3 Å². The highest BCUT2D eigenvalue weighted by Gasteiger charge is 2.48. The molecular weight excluding hydrogens is 368 g/mol. The number of pyridine rings is 1. The molecule has 7 nitrogen and oxygen atoms in total. The van der Waals surface area contributed by atoms with Gasteiger partial charge in [-0.25, -0.2) is 4.79 Å². The Balaban J connectivity index is 1.58. The third kappa shape index (κ3) is 5.14. The number of hydrogen-bond donors (Lipinski definition) is 1. The molecule has 0 bridgehead atoms. The highest BCUT2D eigenvalue weighted by molar-refractivity contribution is 5.91. The third-order valence-electron chi connectivity index (χ3n) is 6.57. The molecule has 2 heterocycles. The SMILES string of the molecule is CCCCC(=O)OC(=O)C1(N)CC(N2CCN(c3ccncc3)CC2)CCC1C. The number of esters is 2. The molecule has 0 amide bonds. The van der Waals surface area contributed by atoms with E-state index in [0.29, 0.717) is 6.42 Å². The fraction of sp³-hybridized carbons (Fsp3) is 0.682. The number of unbranched alkanes of at least 4 members (excludes halogenated alkanes) is 1. The first-order valence-electron chi connectivity index (χ1n) is 10.9. The zero-order valence-electron chi connectivity index (χ0n) is 17.7. The summed E-state index contributed by atoms with van der Waals surface area (Å²) in [4.78, 5) is 33.6. The Hall–Kier alpha value is -1.99. The van der Waals surface area contributed by atoms with E-state index in [0.717, 1.165) is 51.9 Å². The molecule has 1 aliphatic carbocycles. The average molecular weight is 403 g/mol. The van der Waals surface area contributed by atoms with Gasteiger partial charge < -0.3 is 15.4 Å². The molecule has 29 heavy (non-hydrogen) atoms. The Labute approximate surface area is 173 Å². The van der Waals surface area contributed by atoms with Gasteiger partial charge in [-0.15, -0.1) is 0 Å². The first kappa shape index (κ1) is 21.7. The van der Waals surface area contributed by atoms with Crippen LogP contribution in [0.2, 0.25) is 0 Å². The molecule has 1 aromatic heterocycles. The van der Waals surface area contributed by atoms with Crippen molar-refractivity contribution in [2.24, 2.45) is 11.7 Å². The summed E-state index contributed by atoms with van der Waals surface area (Å²) in [7, 11) is 0. The average Bonchev–Trinajstić information content (AvgIpc) is 2.75. The van der Waals surface area contributed by atoms with Crippen LogP contribution in [-0.4, -0.2) is 59.6 Å². The van der Waals surface area contributed by atoms with Crippen LogP contribution in [0.15, 0.2) is 24.5 Å². The first-order chi connectivity index (χ1) is 13.9. The standard InChI is InChI=1S/C22H34N4O3/c1-3-4-5-20(27)29-21(28)22(23)16-19(7-6-17(22)2)26-14-12-25(13-15-26)18-8-10-24-11-9-18/h8-11,17,19H,3-7,12-16,23H2,1-2H3. The molecule has 7 heteroatoms. The van der Waals surface area contributed by atoms with E-state index in [1.807, 2.05) is 38.4 Å². The van der Waals surface area contributed by atoms with Crippen molar-refractivity contribution in [1.82, 2.24) is 9.88 Å². The van der Waals surface area contributed by atoms with Crippen molar-refractivity contribution in [3.63, 3.8) is 0 Å². The Morgan fingerprint density at radius 3 is 2.55 bits per heavy atom. The topological polar surface area (TPSA) is 88.8 Å². The number of piperazine rings is 1. The Bertz CT molecular complexity index is 691. The van der Waals surface area contributed by atoms with E-state index in [2.05, 4.69) is 14.8 Å². The molecule has 2 aliphatic rings. The van der Waals surface area contributed by atoms with Gasteiger partial charge in [0.15, 0.2) is 0 Å². The van der Waals surface area contributed by atoms with Crippen molar-refractivity contribution in [1.29, 1.82) is 0 Å². The minimum atomic E-state index is -1.09. The highest BCUT2D eigenvalue weighted by Crippen LogP contribution is 2.36. The van der Waals surface area contributed by atoms with E-state index in [-0.39, 0.29) is 18.4 Å². The van der Waals surface area contributed by atoms with Gasteiger partial charge in [-0.3, -0.25) is 14.7 Å². The van der Waals surface area contributed by atoms with Crippen molar-refractivity contribution in [2.45, 2.75) is 64.0 Å². The highest BCUT2D eigenvalue weighted by atomic mass is 16.6. The van der Waals surface area contributed by atoms with Gasteiger partial charge in [-0.05, 0) is 43.7 Å². The Kier molecular flexibility index (Phi) is 7.24. The van der Waals surface area contributed by atoms with Crippen LogP contribution >= 0.6 is 0 Å². The quantitative estimate of drug-likeness (QED) is 0.577. The van der Waals surface area contributed by atoms with E-state index in [4.69, 9.17) is 10.5 Å². The van der Waals surface area contributed by atoms with Gasteiger partial charge in [0.05, 0.1) is 0 Å². The molecule has 2 N–H and O–H groups in total. The molecule has 3 atom stereocenters. The number of carbonyl (C=O) groups excluding carboxylic acids is 2. The molecule has 3 rings (SSSR count). The molecular formula is C22H34N4O3. The third-order valence-corrected chi connectivity index (χ3v) is 6.57. The molecule has 2 fully saturated rings. The first-order valence-corrected chi connectivity index (χ1v) is 10.9. The molecule has 1 saturated carbocycles. The smallest absolute Gasteiger partial charge is 0.334 e. The number of hydrogen-bond acceptors (Lipinski definition) is 7. The van der Waals surface area contributed by atoms with Gasteiger partial charge in [0, 0.05) is 56.7 Å². The van der Waals surface area contributed by atoms with Gasteiger partial charge in [0.25, 0.3) is 0 Å². The summed E-state index contributed by atoms with van der Waals surface area (Å²) in [5.41, 5.74) is 6.67. The number of carbonyl (C=O) groups is 2. The molecule has 3 unspecified atom stereocenters. The Morgan fingerprint density at radius 2 is 1.90 bits per heavy atom. The molecule has 1 saturated heterocycles. The van der Waals surface area contributed by atoms with Gasteiger partial charge in [0.2, 0.25) is 0 Å². The van der Waals surface area contributed by atoms with Gasteiger partial charge >= 0.3 is 11.9 Å². The number of nitrogens with zero attached hydrogens (tertiary/aromatic N) is 3. The van der Waals surface area contributed by atoms with Gasteiger partial charge in [0.1, 0.15) is 5.54 Å². The summed E-state index contributed by atoms with van der Waals surface area (Å²) >= 11 is 0. The minimum Gasteiger partial charge on any atom is -0.392 e. The number of aromatic nitrogens is 1. The maximum Gasteiger partial charge on any atom is 0.334 e. The number of nitrogens with two attached hydrogens (primary N) is 1. The van der Waals surface area contributed by atoms with E-state index < -0.39 is 17.5 Å². The molecule has 1 aliphatic heterocycles. The second kappa shape index (κ2) is 9.67. The summed E-state index contributed by atoms with van der Waals surface area (Å²) in [6.45, 7) is 7.74. The second-order valence-electron chi connectivity index (χ2n) is 8.47. The lowest BCUT2D eigenvalue weighted by molar-refractivity contribution is -0.167. The zero-order chi connectivity index (χ0) is 20.9. The van der Waals surface area contributed by atoms with Crippen molar-refractivity contribution < 1.29 is 14.3 Å². The summed E-state index contributed by atoms with van der Waals surface area (Å²) in [6.07, 6.45) is 7.96. The number of ether oxygens (including phenoxy) is 1. The van der Waals surface area contributed by atoms with Crippen LogP contribution in [0.1, 0.15) is 52.4 Å². The summed E-state index contributed by atoms with van der Waals surface area (Å²) in [6, 6.07) is 4.32. The Morgan fingerprint density at radius 1 is 1.21 bits per heavy atom. The van der Waals surface area contributed by atoms with Crippen LogP contribution in [0.5, 0.6) is 0 Å². The van der Waals surface area contributed by atoms with E-state index >= 15 is 0 Å². The monoisotopic (exact) mass is 402 g/mol. The van der Waals surface area contributed by atoms with Gasteiger partial charge in [-0.2, -0.15) is 0 Å². The molecule has 160 valence electrons. The van der Waals surface area contributed by atoms with E-state index in [1.54, 1.807) is 0 Å². The lowest BCUT2D eigenvalue weighted by Crippen LogP contribution is -2.62. The van der Waals surface area contributed by atoms with Crippen molar-refractivity contribution in [3.8, 4) is 0 Å². The maximum absolute atomic E-state index is 12.8. The summed E-state index contributed by atoms with van der Waals surface area (Å²) in [5.74, 6) is -1.00. The fourth-order valence-electron chi connectivity index (χ4n) is 4.46. The van der Waals surface area contributed by atoms with E-state index in [9.17, 15) is 9.59 Å². The minimum absolute atomic E-state index is 0.00309. The summed E-state index contributed by atoms with van der Waals surface area (Å²) in [5, 5.41) is 0. The van der Waals surface area contributed by atoms with Crippen LogP contribution in [-0.2, 0) is 14.3 Å². The van der Waals surface area contributed by atoms with Crippen molar-refractivity contribution in [3.05, 3.63) is 24.5 Å². The van der Waals surface area contributed by atoms with Crippen LogP contribution in [0.3, 0.4) is 0 Å². The van der Waals surface area contributed by atoms with E-state index in [1.165, 1.54) is 5.69 Å². The van der Waals surface area contributed by atoms with Crippen molar-refractivity contribution in [2.75, 3.05) is 31.1 Å². The van der Waals surface area contributed by atoms with Crippen LogP contribution in [0, 0.1) is 5.92 Å². The second-order valence-corrected chi connectivity index (χ2v) is 8.47. The molecule has 0 aromatic carbocycles.